The van der Waals surface area contributed by atoms with Crippen LogP contribution in [0.4, 0.5) is 5.82 Å². The zero-order valence-electron chi connectivity index (χ0n) is 15.3. The van der Waals surface area contributed by atoms with Crippen molar-refractivity contribution in [2.24, 2.45) is 0 Å². The molecule has 27 heavy (non-hydrogen) atoms. The van der Waals surface area contributed by atoms with E-state index < -0.39 is 5.92 Å². The molecular formula is C20H21N3O3S. The van der Waals surface area contributed by atoms with Crippen LogP contribution >= 0.6 is 11.8 Å². The second-order valence-corrected chi connectivity index (χ2v) is 7.82. The Balaban J connectivity index is 1.94. The minimum atomic E-state index is -0.434. The van der Waals surface area contributed by atoms with Crippen LogP contribution in [0.3, 0.4) is 0 Å². The number of H-pyrrole nitrogens is 1. The molecule has 0 bridgehead atoms. The van der Waals surface area contributed by atoms with Crippen LogP contribution < -0.4 is 15.6 Å². The molecule has 1 aliphatic carbocycles. The highest BCUT2D eigenvalue weighted by Crippen LogP contribution is 2.43. The van der Waals surface area contributed by atoms with E-state index in [-0.39, 0.29) is 11.3 Å². The number of nitrogens with one attached hydrogen (secondary N) is 2. The maximum atomic E-state index is 13.0. The Labute approximate surface area is 161 Å². The number of methoxy groups -OCH3 is 1. The van der Waals surface area contributed by atoms with Crippen LogP contribution in [0.15, 0.2) is 45.5 Å². The number of benzene rings is 1. The molecule has 4 rings (SSSR count). The molecule has 0 spiro atoms. The van der Waals surface area contributed by atoms with Crippen molar-refractivity contribution >= 4 is 23.4 Å². The Morgan fingerprint density at radius 3 is 2.93 bits per heavy atom. The van der Waals surface area contributed by atoms with Gasteiger partial charge in [-0.15, -0.1) is 0 Å². The fourth-order valence-corrected chi connectivity index (χ4v) is 4.39. The van der Waals surface area contributed by atoms with Crippen molar-refractivity contribution in [2.75, 3.05) is 18.2 Å². The number of fused-ring (bicyclic) bond motifs is 1. The van der Waals surface area contributed by atoms with Gasteiger partial charge in [0.2, 0.25) is 0 Å². The maximum Gasteiger partial charge on any atom is 0.257 e. The van der Waals surface area contributed by atoms with Crippen LogP contribution in [0.25, 0.3) is 0 Å². The van der Waals surface area contributed by atoms with Gasteiger partial charge in [0, 0.05) is 23.6 Å². The van der Waals surface area contributed by atoms with Gasteiger partial charge in [0.1, 0.15) is 11.6 Å². The molecule has 1 aromatic heterocycles. The lowest BCUT2D eigenvalue weighted by Crippen LogP contribution is -2.32. The van der Waals surface area contributed by atoms with Gasteiger partial charge in [-0.2, -0.15) is 0 Å². The van der Waals surface area contributed by atoms with Crippen molar-refractivity contribution < 1.29 is 9.53 Å². The summed E-state index contributed by atoms with van der Waals surface area (Å²) in [6.07, 6.45) is 2.10. The molecule has 7 heteroatoms. The van der Waals surface area contributed by atoms with E-state index in [4.69, 9.17) is 4.74 Å². The zero-order chi connectivity index (χ0) is 19.0. The Hall–Kier alpha value is -2.54. The van der Waals surface area contributed by atoms with Gasteiger partial charge < -0.3 is 15.0 Å². The Morgan fingerprint density at radius 2 is 2.15 bits per heavy atom. The number of carbonyl (C=O) groups is 1. The third-order valence-electron chi connectivity index (χ3n) is 4.94. The van der Waals surface area contributed by atoms with Crippen LogP contribution in [0.5, 0.6) is 5.75 Å². The predicted octanol–water partition coefficient (Wildman–Crippen LogP) is 3.46. The highest BCUT2D eigenvalue weighted by molar-refractivity contribution is 7.99. The van der Waals surface area contributed by atoms with Crippen LogP contribution in [0.2, 0.25) is 0 Å². The first-order valence-electron chi connectivity index (χ1n) is 9.06. The molecule has 140 valence electrons. The fraction of sp³-hybridized carbons (Fsp3) is 0.350. The van der Waals surface area contributed by atoms with Crippen molar-refractivity contribution in [3.8, 4) is 5.75 Å². The SMILES string of the molecule is CCSc1nc2c(c(=O)[nH]1)[C@@H](c1cccc(OC)c1)C1=C(CCCC1=O)N2. The Morgan fingerprint density at radius 1 is 1.30 bits per heavy atom. The predicted molar refractivity (Wildman–Crippen MR) is 106 cm³/mol. The van der Waals surface area contributed by atoms with E-state index >= 15 is 0 Å². The Kier molecular flexibility index (Phi) is 4.78. The first-order chi connectivity index (χ1) is 13.1. The zero-order valence-corrected chi connectivity index (χ0v) is 16.1. The number of ketones is 1. The van der Waals surface area contributed by atoms with E-state index in [0.29, 0.717) is 34.3 Å². The lowest BCUT2D eigenvalue weighted by molar-refractivity contribution is -0.116. The lowest BCUT2D eigenvalue weighted by atomic mass is 9.76. The average Bonchev–Trinajstić information content (AvgIpc) is 2.67. The summed E-state index contributed by atoms with van der Waals surface area (Å²) >= 11 is 1.49. The summed E-state index contributed by atoms with van der Waals surface area (Å²) in [5.74, 6) is 1.72. The summed E-state index contributed by atoms with van der Waals surface area (Å²) < 4.78 is 5.36. The molecule has 2 N–H and O–H groups in total. The van der Waals surface area contributed by atoms with Crippen LogP contribution in [0.1, 0.15) is 43.2 Å². The number of Topliss-reactive ketones (excluding diaryl/α,β-unsaturated/α-hetero) is 1. The number of thioether (sulfide) groups is 1. The number of nitrogens with zero attached hydrogens (tertiary/aromatic N) is 1. The molecule has 0 unspecified atom stereocenters. The molecule has 2 heterocycles. The molecule has 0 fully saturated rings. The second kappa shape index (κ2) is 7.23. The van der Waals surface area contributed by atoms with Gasteiger partial charge >= 0.3 is 0 Å². The summed E-state index contributed by atoms with van der Waals surface area (Å²) in [7, 11) is 1.61. The molecule has 0 amide bonds. The van der Waals surface area contributed by atoms with E-state index in [2.05, 4.69) is 15.3 Å². The number of aromatic amines is 1. The van der Waals surface area contributed by atoms with Crippen molar-refractivity contribution in [3.05, 3.63) is 57.0 Å². The molecule has 0 radical (unpaired) electrons. The number of allylic oxidation sites excluding steroid dienone is 2. The monoisotopic (exact) mass is 383 g/mol. The molecule has 0 saturated carbocycles. The quantitative estimate of drug-likeness (QED) is 0.621. The molecule has 2 aliphatic rings. The molecule has 1 aliphatic heterocycles. The van der Waals surface area contributed by atoms with Gasteiger partial charge in [-0.05, 0) is 36.3 Å². The third-order valence-corrected chi connectivity index (χ3v) is 5.70. The van der Waals surface area contributed by atoms with E-state index in [1.54, 1.807) is 7.11 Å². The van der Waals surface area contributed by atoms with Gasteiger partial charge in [-0.1, -0.05) is 30.8 Å². The average molecular weight is 383 g/mol. The lowest BCUT2D eigenvalue weighted by Gasteiger charge is -2.32. The standard InChI is InChI=1S/C20H21N3O3S/c1-3-27-20-22-18-17(19(25)23-20)15(11-6-4-7-12(10-11)26-2)16-13(21-18)8-5-9-14(16)24/h4,6-7,10,15H,3,5,8-9H2,1-2H3,(H2,21,22,23,25)/t15-/m0/s1. The van der Waals surface area contributed by atoms with E-state index in [0.717, 1.165) is 29.9 Å². The van der Waals surface area contributed by atoms with Crippen molar-refractivity contribution in [1.82, 2.24) is 9.97 Å². The number of hydrogen-bond acceptors (Lipinski definition) is 6. The number of anilines is 1. The van der Waals surface area contributed by atoms with E-state index in [9.17, 15) is 9.59 Å². The first-order valence-corrected chi connectivity index (χ1v) is 10.0. The van der Waals surface area contributed by atoms with Gasteiger partial charge in [-0.25, -0.2) is 4.98 Å². The van der Waals surface area contributed by atoms with Crippen LogP contribution in [0, 0.1) is 0 Å². The van der Waals surface area contributed by atoms with Crippen molar-refractivity contribution in [1.29, 1.82) is 0 Å². The topological polar surface area (TPSA) is 84.1 Å². The summed E-state index contributed by atoms with van der Waals surface area (Å²) in [6.45, 7) is 2.01. The molecule has 6 nitrogen and oxygen atoms in total. The fourth-order valence-electron chi connectivity index (χ4n) is 3.80. The minimum Gasteiger partial charge on any atom is -0.497 e. The molecule has 1 aromatic carbocycles. The Bertz CT molecular complexity index is 996. The summed E-state index contributed by atoms with van der Waals surface area (Å²) in [4.78, 5) is 33.2. The number of aromatic nitrogens is 2. The smallest absolute Gasteiger partial charge is 0.257 e. The minimum absolute atomic E-state index is 0.0913. The van der Waals surface area contributed by atoms with Crippen LogP contribution in [-0.2, 0) is 4.79 Å². The summed E-state index contributed by atoms with van der Waals surface area (Å²) in [5.41, 5.74) is 2.73. The van der Waals surface area contributed by atoms with Gasteiger partial charge in [0.25, 0.3) is 5.56 Å². The van der Waals surface area contributed by atoms with Gasteiger partial charge in [-0.3, -0.25) is 9.59 Å². The number of rotatable bonds is 4. The number of ether oxygens (including phenoxy) is 1. The van der Waals surface area contributed by atoms with E-state index in [1.165, 1.54) is 11.8 Å². The highest BCUT2D eigenvalue weighted by atomic mass is 32.2. The molecule has 1 atom stereocenters. The second-order valence-electron chi connectivity index (χ2n) is 6.57. The first kappa shape index (κ1) is 17.9. The largest absolute Gasteiger partial charge is 0.497 e. The number of hydrogen-bond donors (Lipinski definition) is 2. The summed E-state index contributed by atoms with van der Waals surface area (Å²) in [5, 5.41) is 3.87. The normalized spacial score (nSPS) is 18.6. The van der Waals surface area contributed by atoms with Gasteiger partial charge in [0.15, 0.2) is 10.9 Å². The highest BCUT2D eigenvalue weighted by Gasteiger charge is 2.37. The molecular weight excluding hydrogens is 362 g/mol. The molecule has 0 saturated heterocycles. The third kappa shape index (κ3) is 3.16. The van der Waals surface area contributed by atoms with Crippen molar-refractivity contribution in [3.63, 3.8) is 0 Å². The maximum absolute atomic E-state index is 13.0. The van der Waals surface area contributed by atoms with E-state index in [1.807, 2.05) is 31.2 Å². The van der Waals surface area contributed by atoms with Crippen LogP contribution in [-0.4, -0.2) is 28.6 Å². The van der Waals surface area contributed by atoms with Gasteiger partial charge in [0.05, 0.1) is 12.7 Å². The molecule has 2 aromatic rings. The summed E-state index contributed by atoms with van der Waals surface area (Å²) in [6, 6.07) is 7.56. The number of carbonyl (C=O) groups excluding carboxylic acids is 1. The van der Waals surface area contributed by atoms with Crippen molar-refractivity contribution in [2.45, 2.75) is 37.3 Å².